The summed E-state index contributed by atoms with van der Waals surface area (Å²) in [5, 5.41) is 11.7. The van der Waals surface area contributed by atoms with Crippen molar-refractivity contribution in [2.45, 2.75) is 18.8 Å². The molecule has 9 heteroatoms. The van der Waals surface area contributed by atoms with Crippen LogP contribution in [0.4, 0.5) is 20.3 Å². The molecule has 0 amide bonds. The van der Waals surface area contributed by atoms with E-state index in [2.05, 4.69) is 25.5 Å². The van der Waals surface area contributed by atoms with Crippen LogP contribution in [0.2, 0.25) is 0 Å². The van der Waals surface area contributed by atoms with Gasteiger partial charge in [-0.3, -0.25) is 19.4 Å². The molecule has 5 aromatic rings. The van der Waals surface area contributed by atoms with Gasteiger partial charge in [0.15, 0.2) is 0 Å². The molecule has 174 valence electrons. The molecule has 1 saturated carbocycles. The number of aromatic amines is 1. The van der Waals surface area contributed by atoms with E-state index in [-0.39, 0.29) is 18.7 Å². The minimum atomic E-state index is -2.72. The van der Waals surface area contributed by atoms with Gasteiger partial charge in [-0.25, -0.2) is 13.8 Å². The zero-order chi connectivity index (χ0) is 24.0. The van der Waals surface area contributed by atoms with Crippen molar-refractivity contribution >= 4 is 28.2 Å². The molecule has 1 aliphatic carbocycles. The van der Waals surface area contributed by atoms with Crippen LogP contribution in [-0.4, -0.2) is 36.6 Å². The predicted molar refractivity (Wildman–Crippen MR) is 129 cm³/mol. The van der Waals surface area contributed by atoms with Crippen molar-refractivity contribution in [1.82, 2.24) is 24.7 Å². The topological polar surface area (TPSA) is 88.5 Å². The lowest BCUT2D eigenvalue weighted by Gasteiger charge is -2.33. The third-order valence-corrected chi connectivity index (χ3v) is 6.26. The van der Waals surface area contributed by atoms with E-state index in [4.69, 9.17) is 0 Å². The van der Waals surface area contributed by atoms with E-state index >= 15 is 0 Å². The van der Waals surface area contributed by atoms with Crippen molar-refractivity contribution in [1.29, 1.82) is 0 Å². The third kappa shape index (κ3) is 4.16. The molecule has 0 unspecified atom stereocenters. The number of carbonyl (C=O) groups excluding carboxylic acids is 1. The molecule has 1 aliphatic rings. The molecule has 3 aromatic heterocycles. The minimum Gasteiger partial charge on any atom is -0.339 e. The predicted octanol–water partition coefficient (Wildman–Crippen LogP) is 5.92. The first-order valence-electron chi connectivity index (χ1n) is 11.2. The van der Waals surface area contributed by atoms with Gasteiger partial charge >= 0.3 is 0 Å². The maximum absolute atomic E-state index is 13.2. The van der Waals surface area contributed by atoms with Crippen LogP contribution in [0.15, 0.2) is 79.6 Å². The first-order chi connectivity index (χ1) is 16.9. The van der Waals surface area contributed by atoms with E-state index in [1.807, 2.05) is 48.7 Å². The van der Waals surface area contributed by atoms with E-state index in [1.165, 1.54) is 4.57 Å². The van der Waals surface area contributed by atoms with Gasteiger partial charge in [0.2, 0.25) is 11.8 Å². The number of aromatic nitrogens is 5. The van der Waals surface area contributed by atoms with Crippen LogP contribution >= 0.6 is 0 Å². The highest BCUT2D eigenvalue weighted by atomic mass is 19.3. The Bertz CT molecular complexity index is 1520. The lowest BCUT2D eigenvalue weighted by Crippen LogP contribution is -2.41. The second kappa shape index (κ2) is 8.12. The van der Waals surface area contributed by atoms with Crippen molar-refractivity contribution in [3.05, 3.63) is 79.6 Å². The van der Waals surface area contributed by atoms with Crippen molar-refractivity contribution in [2.24, 2.45) is 5.92 Å². The van der Waals surface area contributed by atoms with Gasteiger partial charge in [-0.05, 0) is 29.1 Å². The number of nitrogens with zero attached hydrogens (tertiary/aromatic N) is 4. The highest BCUT2D eigenvalue weighted by Crippen LogP contribution is 2.43. The number of benzene rings is 2. The maximum Gasteiger partial charge on any atom is 0.249 e. The fraction of sp³-hybridized carbons (Fsp3) is 0.154. The van der Waals surface area contributed by atoms with E-state index in [1.54, 1.807) is 31.0 Å². The van der Waals surface area contributed by atoms with E-state index < -0.39 is 11.8 Å². The Balaban J connectivity index is 1.21. The number of anilines is 2. The van der Waals surface area contributed by atoms with E-state index in [0.29, 0.717) is 11.5 Å². The van der Waals surface area contributed by atoms with Crippen LogP contribution in [0.25, 0.3) is 33.2 Å². The normalized spacial score (nSPS) is 15.1. The molecule has 1 fully saturated rings. The molecule has 2 N–H and O–H groups in total. The van der Waals surface area contributed by atoms with E-state index in [9.17, 15) is 13.6 Å². The Labute approximate surface area is 198 Å². The average Bonchev–Trinajstić information content (AvgIpc) is 3.52. The Morgan fingerprint density at radius 3 is 2.49 bits per heavy atom. The van der Waals surface area contributed by atoms with Gasteiger partial charge in [0.25, 0.3) is 0 Å². The molecule has 0 aliphatic heterocycles. The molecule has 0 saturated heterocycles. The smallest absolute Gasteiger partial charge is 0.249 e. The number of halogens is 2. The first kappa shape index (κ1) is 21.2. The average molecular weight is 470 g/mol. The van der Waals surface area contributed by atoms with Gasteiger partial charge in [-0.2, -0.15) is 5.10 Å². The summed E-state index contributed by atoms with van der Waals surface area (Å²) in [4.78, 5) is 21.5. The van der Waals surface area contributed by atoms with Gasteiger partial charge in [0.05, 0.1) is 30.2 Å². The summed E-state index contributed by atoms with van der Waals surface area (Å²) in [6, 6.07) is 13.6. The van der Waals surface area contributed by atoms with Gasteiger partial charge in [0.1, 0.15) is 5.82 Å². The van der Waals surface area contributed by atoms with Crippen molar-refractivity contribution in [3.8, 4) is 22.4 Å². The summed E-state index contributed by atoms with van der Waals surface area (Å²) >= 11 is 0. The zero-order valence-electron chi connectivity index (χ0n) is 18.5. The molecule has 7 nitrogen and oxygen atoms in total. The van der Waals surface area contributed by atoms with Crippen molar-refractivity contribution in [2.75, 3.05) is 5.32 Å². The highest BCUT2D eigenvalue weighted by Gasteiger charge is 2.49. The lowest BCUT2D eigenvalue weighted by atomic mass is 9.81. The molecule has 0 radical (unpaired) electrons. The van der Waals surface area contributed by atoms with Crippen molar-refractivity contribution < 1.29 is 13.6 Å². The second-order valence-electron chi connectivity index (χ2n) is 8.79. The summed E-state index contributed by atoms with van der Waals surface area (Å²) in [6.45, 7) is 0. The van der Waals surface area contributed by atoms with Crippen LogP contribution in [0.5, 0.6) is 0 Å². The van der Waals surface area contributed by atoms with Crippen molar-refractivity contribution in [3.63, 3.8) is 0 Å². The van der Waals surface area contributed by atoms with Crippen LogP contribution < -0.4 is 5.32 Å². The zero-order valence-corrected chi connectivity index (χ0v) is 18.5. The van der Waals surface area contributed by atoms with Crippen LogP contribution in [0, 0.1) is 5.92 Å². The number of hydrogen-bond donors (Lipinski definition) is 2. The maximum atomic E-state index is 13.2. The summed E-state index contributed by atoms with van der Waals surface area (Å²) in [5.74, 6) is -3.05. The number of hydrogen-bond acceptors (Lipinski definition) is 5. The Hall–Kier alpha value is -4.40. The largest absolute Gasteiger partial charge is 0.339 e. The summed E-state index contributed by atoms with van der Waals surface area (Å²) in [7, 11) is 0. The second-order valence-corrected chi connectivity index (χ2v) is 8.79. The molecule has 6 rings (SSSR count). The highest BCUT2D eigenvalue weighted by molar-refractivity contribution is 5.92. The molecule has 0 atom stereocenters. The number of nitrogens with one attached hydrogen (secondary N) is 2. The molecule has 0 bridgehead atoms. The van der Waals surface area contributed by atoms with Crippen LogP contribution in [0.1, 0.15) is 17.6 Å². The standard InChI is InChI=1S/C26H20F2N6O/c27-26(28)8-20(9-26)25(35)34-14-18-2-1-17(7-19(18)15-34)23-12-29-13-24(33-23)32-22-5-3-16(4-6-22)21-10-30-31-11-21/h1-7,10-15,20H,8-9H2,(H,30,31)(H,32,33). The summed E-state index contributed by atoms with van der Waals surface area (Å²) in [5.41, 5.74) is 4.44. The third-order valence-electron chi connectivity index (χ3n) is 6.26. The fourth-order valence-corrected chi connectivity index (χ4v) is 4.34. The quantitative estimate of drug-likeness (QED) is 0.333. The lowest BCUT2D eigenvalue weighted by molar-refractivity contribution is -0.0999. The van der Waals surface area contributed by atoms with Gasteiger partial charge in [-0.15, -0.1) is 0 Å². The molecule has 35 heavy (non-hydrogen) atoms. The Kier molecular flexibility index (Phi) is 4.91. The molecule has 0 spiro atoms. The number of rotatable bonds is 5. The minimum absolute atomic E-state index is 0.293. The van der Waals surface area contributed by atoms with E-state index in [0.717, 1.165) is 33.2 Å². The molecule has 2 aromatic carbocycles. The van der Waals surface area contributed by atoms with Crippen LogP contribution in [-0.2, 0) is 0 Å². The Morgan fingerprint density at radius 1 is 0.971 bits per heavy atom. The number of fused-ring (bicyclic) bond motifs is 1. The van der Waals surface area contributed by atoms with Gasteiger partial charge in [-0.1, -0.05) is 24.3 Å². The SMILES string of the molecule is O=C(C1CC(F)(F)C1)n1cc2ccc(-c3cncc(Nc4ccc(-c5cn[nH]c5)cc4)n3)cc2c1. The summed E-state index contributed by atoms with van der Waals surface area (Å²) < 4.78 is 27.8. The van der Waals surface area contributed by atoms with Crippen LogP contribution in [0.3, 0.4) is 0 Å². The summed E-state index contributed by atoms with van der Waals surface area (Å²) in [6.07, 6.45) is 9.54. The number of alkyl halides is 2. The molecule has 3 heterocycles. The molecular weight excluding hydrogens is 450 g/mol. The van der Waals surface area contributed by atoms with Gasteiger partial charge in [0, 0.05) is 53.6 Å². The fourth-order valence-electron chi connectivity index (χ4n) is 4.34. The Morgan fingerprint density at radius 2 is 1.74 bits per heavy atom. The number of carbonyl (C=O) groups is 1. The monoisotopic (exact) mass is 470 g/mol. The molecular formula is C26H20F2N6O. The first-order valence-corrected chi connectivity index (χ1v) is 11.2. The van der Waals surface area contributed by atoms with Gasteiger partial charge < -0.3 is 5.32 Å². The number of H-pyrrole nitrogens is 1.